The Hall–Kier alpha value is -0.570. The van der Waals surface area contributed by atoms with Gasteiger partial charge in [0.1, 0.15) is 6.61 Å². The first-order valence-electron chi connectivity index (χ1n) is 19.1. The van der Waals surface area contributed by atoms with Crippen molar-refractivity contribution in [2.24, 2.45) is 23.2 Å². The van der Waals surface area contributed by atoms with Gasteiger partial charge in [0.05, 0.1) is 6.10 Å². The van der Waals surface area contributed by atoms with E-state index in [2.05, 4.69) is 5.32 Å². The number of nitrogens with one attached hydrogen (secondary N) is 1. The quantitative estimate of drug-likeness (QED) is 0.345. The van der Waals surface area contributed by atoms with Crippen molar-refractivity contribution in [2.75, 3.05) is 6.61 Å². The lowest BCUT2D eigenvalue weighted by Gasteiger charge is -2.57. The van der Waals surface area contributed by atoms with Crippen LogP contribution in [-0.4, -0.2) is 24.2 Å². The fourth-order valence-corrected chi connectivity index (χ4v) is 10.4. The molecule has 6 rings (SSSR count). The van der Waals surface area contributed by atoms with E-state index in [0.717, 1.165) is 30.6 Å². The molecule has 0 saturated heterocycles. The summed E-state index contributed by atoms with van der Waals surface area (Å²) in [7, 11) is 0. The summed E-state index contributed by atoms with van der Waals surface area (Å²) in [4.78, 5) is 13.0. The Bertz CT molecular complexity index is 721. The highest BCUT2D eigenvalue weighted by atomic mass is 16.5. The van der Waals surface area contributed by atoms with Crippen LogP contribution in [0.2, 0.25) is 0 Å². The topological polar surface area (TPSA) is 38.3 Å². The van der Waals surface area contributed by atoms with Crippen molar-refractivity contribution < 1.29 is 9.53 Å². The van der Waals surface area contributed by atoms with Gasteiger partial charge in [-0.25, -0.2) is 0 Å². The van der Waals surface area contributed by atoms with Gasteiger partial charge in [-0.05, 0) is 87.4 Å². The molecule has 0 aromatic carbocycles. The summed E-state index contributed by atoms with van der Waals surface area (Å²) < 4.78 is 6.15. The molecule has 41 heavy (non-hydrogen) atoms. The average molecular weight is 570 g/mol. The lowest BCUT2D eigenvalue weighted by Crippen LogP contribution is -2.58. The van der Waals surface area contributed by atoms with Gasteiger partial charge in [-0.15, -0.1) is 0 Å². The Balaban J connectivity index is 1.09. The van der Waals surface area contributed by atoms with E-state index in [-0.39, 0.29) is 18.1 Å². The predicted molar refractivity (Wildman–Crippen MR) is 172 cm³/mol. The lowest BCUT2D eigenvalue weighted by atomic mass is 9.51. The number of amides is 1. The van der Waals surface area contributed by atoms with E-state index in [4.69, 9.17) is 4.74 Å². The number of hydrogen-bond donors (Lipinski definition) is 1. The molecule has 6 fully saturated rings. The molecule has 0 spiro atoms. The first-order valence-corrected chi connectivity index (χ1v) is 19.1. The summed E-state index contributed by atoms with van der Waals surface area (Å²) in [6, 6.07) is 0. The van der Waals surface area contributed by atoms with Crippen molar-refractivity contribution in [3.63, 3.8) is 0 Å². The van der Waals surface area contributed by atoms with Crippen LogP contribution in [-0.2, 0) is 9.53 Å². The highest BCUT2D eigenvalue weighted by Crippen LogP contribution is 2.58. The third-order valence-electron chi connectivity index (χ3n) is 13.1. The fourth-order valence-electron chi connectivity index (χ4n) is 10.4. The van der Waals surface area contributed by atoms with E-state index in [1.54, 1.807) is 0 Å². The van der Waals surface area contributed by atoms with Gasteiger partial charge in [0.25, 0.3) is 0 Å². The second-order valence-electron chi connectivity index (χ2n) is 15.8. The first kappa shape index (κ1) is 31.8. The molecule has 2 bridgehead atoms. The molecule has 1 N–H and O–H groups in total. The fraction of sp³-hybridized carbons (Fsp3) is 0.974. The molecule has 6 aliphatic carbocycles. The highest BCUT2D eigenvalue weighted by Gasteiger charge is 2.52. The number of carbonyl (C=O) groups is 1. The molecule has 6 saturated carbocycles. The number of ether oxygens (including phenoxy) is 1. The third-order valence-corrected chi connectivity index (χ3v) is 13.1. The summed E-state index contributed by atoms with van der Waals surface area (Å²) in [5.41, 5.74) is 0.646. The summed E-state index contributed by atoms with van der Waals surface area (Å²) in [5, 5.41) is 3.54. The van der Waals surface area contributed by atoms with E-state index in [0.29, 0.717) is 11.5 Å². The van der Waals surface area contributed by atoms with Crippen molar-refractivity contribution in [3.8, 4) is 0 Å². The maximum atomic E-state index is 13.0. The number of carbonyl (C=O) groups excluding carboxylic acids is 1. The monoisotopic (exact) mass is 570 g/mol. The molecule has 0 aromatic rings. The summed E-state index contributed by atoms with van der Waals surface area (Å²) in [6.07, 6.45) is 42.2. The van der Waals surface area contributed by atoms with Crippen LogP contribution < -0.4 is 5.32 Å². The van der Waals surface area contributed by atoms with Crippen LogP contribution in [0.1, 0.15) is 193 Å². The standard InChI is InChI=1S/C38H67NO2/c40-36(31-41-35-23-14-7-4-8-15-24-35)39-38-28-25-37(26-29-38,27-30-38)34-21-13-9-12-19-33(20-16-22-34)32-17-10-5-2-1-3-6-11-18-32/h32-35H,1-31H2,(H,39,40). The van der Waals surface area contributed by atoms with Gasteiger partial charge in [-0.3, -0.25) is 4.79 Å². The Morgan fingerprint density at radius 2 is 0.927 bits per heavy atom. The largest absolute Gasteiger partial charge is 0.368 e. The molecule has 0 heterocycles. The number of fused-ring (bicyclic) bond motifs is 3. The lowest BCUT2D eigenvalue weighted by molar-refractivity contribution is -0.133. The van der Waals surface area contributed by atoms with Gasteiger partial charge < -0.3 is 10.1 Å². The number of hydrogen-bond acceptors (Lipinski definition) is 2. The maximum absolute atomic E-state index is 13.0. The Labute approximate surface area is 254 Å². The Morgan fingerprint density at radius 1 is 0.512 bits per heavy atom. The summed E-state index contributed by atoms with van der Waals surface area (Å²) in [5.74, 6) is 3.12. The Morgan fingerprint density at radius 3 is 1.49 bits per heavy atom. The molecule has 0 aliphatic heterocycles. The minimum atomic E-state index is 0.0695. The van der Waals surface area contributed by atoms with Crippen LogP contribution in [0.25, 0.3) is 0 Å². The molecule has 3 heteroatoms. The van der Waals surface area contributed by atoms with Crippen LogP contribution in [0.15, 0.2) is 0 Å². The molecule has 6 aliphatic rings. The van der Waals surface area contributed by atoms with Crippen LogP contribution in [0, 0.1) is 23.2 Å². The number of rotatable bonds is 6. The molecular weight excluding hydrogens is 502 g/mol. The molecular formula is C38H67NO2. The Kier molecular flexibility index (Phi) is 12.8. The highest BCUT2D eigenvalue weighted by molar-refractivity contribution is 5.78. The molecule has 2 atom stereocenters. The van der Waals surface area contributed by atoms with E-state index >= 15 is 0 Å². The molecule has 236 valence electrons. The van der Waals surface area contributed by atoms with Crippen LogP contribution >= 0.6 is 0 Å². The minimum absolute atomic E-state index is 0.0695. The van der Waals surface area contributed by atoms with Crippen molar-refractivity contribution in [1.82, 2.24) is 5.32 Å². The molecule has 0 radical (unpaired) electrons. The molecule has 2 unspecified atom stereocenters. The molecule has 1 amide bonds. The SMILES string of the molecule is O=C(COC1CCCCCCC1)NC12CCC(C3CCCCCC(C4CCCCCCCCC4)CCC3)(CC1)CC2. The second kappa shape index (κ2) is 16.5. The first-order chi connectivity index (χ1) is 20.2. The van der Waals surface area contributed by atoms with Gasteiger partial charge in [-0.2, -0.15) is 0 Å². The zero-order chi connectivity index (χ0) is 28.2. The van der Waals surface area contributed by atoms with Crippen molar-refractivity contribution in [1.29, 1.82) is 0 Å². The zero-order valence-corrected chi connectivity index (χ0v) is 27.0. The van der Waals surface area contributed by atoms with Crippen LogP contribution in [0.3, 0.4) is 0 Å². The van der Waals surface area contributed by atoms with E-state index in [1.165, 1.54) is 180 Å². The second-order valence-corrected chi connectivity index (χ2v) is 15.8. The van der Waals surface area contributed by atoms with Gasteiger partial charge in [0.15, 0.2) is 0 Å². The van der Waals surface area contributed by atoms with Crippen molar-refractivity contribution >= 4 is 5.91 Å². The van der Waals surface area contributed by atoms with Gasteiger partial charge in [-0.1, -0.05) is 128 Å². The predicted octanol–water partition coefficient (Wildman–Crippen LogP) is 10.8. The molecule has 0 aromatic heterocycles. The normalized spacial score (nSPS) is 36.1. The van der Waals surface area contributed by atoms with Gasteiger partial charge >= 0.3 is 0 Å². The summed E-state index contributed by atoms with van der Waals surface area (Å²) >= 11 is 0. The van der Waals surface area contributed by atoms with Crippen molar-refractivity contribution in [3.05, 3.63) is 0 Å². The minimum Gasteiger partial charge on any atom is -0.368 e. The summed E-state index contributed by atoms with van der Waals surface area (Å²) in [6.45, 7) is 0.280. The van der Waals surface area contributed by atoms with E-state index in [1.807, 2.05) is 0 Å². The average Bonchev–Trinajstić information content (AvgIpc) is 2.98. The van der Waals surface area contributed by atoms with Crippen LogP contribution in [0.4, 0.5) is 0 Å². The van der Waals surface area contributed by atoms with Crippen LogP contribution in [0.5, 0.6) is 0 Å². The smallest absolute Gasteiger partial charge is 0.246 e. The zero-order valence-electron chi connectivity index (χ0n) is 27.0. The maximum Gasteiger partial charge on any atom is 0.246 e. The van der Waals surface area contributed by atoms with E-state index < -0.39 is 0 Å². The molecule has 3 nitrogen and oxygen atoms in total. The van der Waals surface area contributed by atoms with E-state index in [9.17, 15) is 4.79 Å². The third kappa shape index (κ3) is 9.46. The van der Waals surface area contributed by atoms with Gasteiger partial charge in [0, 0.05) is 5.54 Å². The van der Waals surface area contributed by atoms with Crippen molar-refractivity contribution in [2.45, 2.75) is 204 Å². The van der Waals surface area contributed by atoms with Gasteiger partial charge in [0.2, 0.25) is 5.91 Å².